The molecule has 0 radical (unpaired) electrons. The van der Waals surface area contributed by atoms with Crippen LogP contribution in [0.4, 0.5) is 0 Å². The van der Waals surface area contributed by atoms with Crippen LogP contribution in [0.15, 0.2) is 23.8 Å². The van der Waals surface area contributed by atoms with Crippen LogP contribution in [0.3, 0.4) is 0 Å². The second-order valence-corrected chi connectivity index (χ2v) is 5.96. The molecule has 0 atom stereocenters. The summed E-state index contributed by atoms with van der Waals surface area (Å²) in [5, 5.41) is 18.8. The Balaban J connectivity index is 1.83. The first-order valence-corrected chi connectivity index (χ1v) is 7.65. The van der Waals surface area contributed by atoms with Crippen molar-refractivity contribution in [1.82, 2.24) is 4.90 Å². The molecule has 116 valence electrons. The minimum Gasteiger partial charge on any atom is -0.504 e. The van der Waals surface area contributed by atoms with Crippen molar-refractivity contribution in [3.63, 3.8) is 0 Å². The average molecular weight is 301 g/mol. The zero-order valence-corrected chi connectivity index (χ0v) is 12.3. The van der Waals surface area contributed by atoms with Gasteiger partial charge in [-0.05, 0) is 36.6 Å². The van der Waals surface area contributed by atoms with Crippen molar-refractivity contribution < 1.29 is 19.8 Å². The van der Waals surface area contributed by atoms with Gasteiger partial charge in [0.25, 0.3) is 5.91 Å². The molecule has 22 heavy (non-hydrogen) atoms. The van der Waals surface area contributed by atoms with Crippen molar-refractivity contribution in [3.05, 3.63) is 29.3 Å². The van der Waals surface area contributed by atoms with Crippen molar-refractivity contribution in [1.29, 1.82) is 0 Å². The third-order valence-corrected chi connectivity index (χ3v) is 4.38. The van der Waals surface area contributed by atoms with Crippen LogP contribution in [-0.4, -0.2) is 33.0 Å². The van der Waals surface area contributed by atoms with Crippen molar-refractivity contribution in [2.45, 2.75) is 44.6 Å². The maximum absolute atomic E-state index is 12.5. The lowest BCUT2D eigenvalue weighted by Crippen LogP contribution is -2.40. The molecule has 2 amide bonds. The van der Waals surface area contributed by atoms with Crippen molar-refractivity contribution >= 4 is 17.9 Å². The predicted molar refractivity (Wildman–Crippen MR) is 81.1 cm³/mol. The number of rotatable bonds is 2. The highest BCUT2D eigenvalue weighted by atomic mass is 16.3. The van der Waals surface area contributed by atoms with Crippen LogP contribution < -0.4 is 0 Å². The summed E-state index contributed by atoms with van der Waals surface area (Å²) in [6, 6.07) is 4.38. The molecule has 3 rings (SSSR count). The second-order valence-electron chi connectivity index (χ2n) is 5.96. The molecular weight excluding hydrogens is 282 g/mol. The SMILES string of the molecule is O=C1CC(=Cc2ccc(O)c(O)c2)C(=O)N1C1CCCCC1. The van der Waals surface area contributed by atoms with Crippen LogP contribution in [0, 0.1) is 0 Å². The Labute approximate surface area is 128 Å². The number of imide groups is 1. The standard InChI is InChI=1S/C17H19NO4/c19-14-7-6-11(9-15(14)20)8-12-10-16(21)18(17(12)22)13-4-2-1-3-5-13/h6-9,13,19-20H,1-5,10H2. The van der Waals surface area contributed by atoms with E-state index >= 15 is 0 Å². The fourth-order valence-electron chi connectivity index (χ4n) is 3.24. The summed E-state index contributed by atoms with van der Waals surface area (Å²) in [6.07, 6.45) is 6.80. The van der Waals surface area contributed by atoms with E-state index in [0.717, 1.165) is 25.7 Å². The molecule has 1 aliphatic heterocycles. The topological polar surface area (TPSA) is 77.8 Å². The maximum Gasteiger partial charge on any atom is 0.257 e. The summed E-state index contributed by atoms with van der Waals surface area (Å²) in [5.74, 6) is -0.800. The van der Waals surface area contributed by atoms with Crippen LogP contribution in [0.25, 0.3) is 6.08 Å². The van der Waals surface area contributed by atoms with Crippen molar-refractivity contribution in [2.24, 2.45) is 0 Å². The molecule has 0 spiro atoms. The summed E-state index contributed by atoms with van der Waals surface area (Å²) < 4.78 is 0. The lowest BCUT2D eigenvalue weighted by Gasteiger charge is -2.29. The molecule has 2 fully saturated rings. The quantitative estimate of drug-likeness (QED) is 0.500. The summed E-state index contributed by atoms with van der Waals surface area (Å²) in [6.45, 7) is 0. The van der Waals surface area contributed by atoms with Gasteiger partial charge in [0.2, 0.25) is 5.91 Å². The molecule has 1 aromatic carbocycles. The number of benzene rings is 1. The number of carbonyl (C=O) groups is 2. The Morgan fingerprint density at radius 1 is 1.05 bits per heavy atom. The first kappa shape index (κ1) is 14.6. The fraction of sp³-hybridized carbons (Fsp3) is 0.412. The van der Waals surface area contributed by atoms with Crippen molar-refractivity contribution in [3.8, 4) is 11.5 Å². The van der Waals surface area contributed by atoms with Gasteiger partial charge >= 0.3 is 0 Å². The normalized spacial score (nSPS) is 21.8. The van der Waals surface area contributed by atoms with Crippen LogP contribution in [0.5, 0.6) is 11.5 Å². The number of amides is 2. The average Bonchev–Trinajstić information content (AvgIpc) is 2.78. The van der Waals surface area contributed by atoms with Gasteiger partial charge in [-0.1, -0.05) is 25.3 Å². The van der Waals surface area contributed by atoms with Crippen LogP contribution >= 0.6 is 0 Å². The Bertz CT molecular complexity index is 644. The molecule has 0 unspecified atom stereocenters. The van der Waals surface area contributed by atoms with Gasteiger partial charge < -0.3 is 10.2 Å². The van der Waals surface area contributed by atoms with Gasteiger partial charge in [-0.25, -0.2) is 0 Å². The summed E-state index contributed by atoms with van der Waals surface area (Å²) in [7, 11) is 0. The molecule has 1 aliphatic carbocycles. The van der Waals surface area contributed by atoms with Crippen LogP contribution in [0.2, 0.25) is 0 Å². The highest BCUT2D eigenvalue weighted by molar-refractivity contribution is 6.15. The van der Waals surface area contributed by atoms with E-state index in [1.54, 1.807) is 12.1 Å². The smallest absolute Gasteiger partial charge is 0.257 e. The van der Waals surface area contributed by atoms with Gasteiger partial charge in [0.1, 0.15) is 0 Å². The first-order chi connectivity index (χ1) is 10.6. The molecule has 2 N–H and O–H groups in total. The molecule has 0 bridgehead atoms. The molecule has 1 aromatic rings. The third kappa shape index (κ3) is 2.71. The van der Waals surface area contributed by atoms with Gasteiger partial charge in [0.05, 0.1) is 6.42 Å². The van der Waals surface area contributed by atoms with Crippen molar-refractivity contribution in [2.75, 3.05) is 0 Å². The van der Waals surface area contributed by atoms with E-state index in [4.69, 9.17) is 0 Å². The van der Waals surface area contributed by atoms with Gasteiger partial charge in [-0.2, -0.15) is 0 Å². The highest BCUT2D eigenvalue weighted by Crippen LogP contribution is 2.31. The highest BCUT2D eigenvalue weighted by Gasteiger charge is 2.38. The first-order valence-electron chi connectivity index (χ1n) is 7.65. The van der Waals surface area contributed by atoms with E-state index in [1.807, 2.05) is 0 Å². The lowest BCUT2D eigenvalue weighted by atomic mass is 9.94. The Morgan fingerprint density at radius 2 is 1.77 bits per heavy atom. The number of likely N-dealkylation sites (tertiary alicyclic amines) is 1. The molecule has 1 heterocycles. The minimum absolute atomic E-state index is 0.0351. The number of aromatic hydroxyl groups is 2. The maximum atomic E-state index is 12.5. The van der Waals surface area contributed by atoms with E-state index < -0.39 is 0 Å². The number of phenolic OH excluding ortho intramolecular Hbond substituents is 2. The minimum atomic E-state index is -0.241. The lowest BCUT2D eigenvalue weighted by molar-refractivity contribution is -0.141. The van der Waals surface area contributed by atoms with Gasteiger partial charge in [0, 0.05) is 11.6 Å². The zero-order chi connectivity index (χ0) is 15.7. The van der Waals surface area contributed by atoms with E-state index in [2.05, 4.69) is 0 Å². The number of nitrogens with zero attached hydrogens (tertiary/aromatic N) is 1. The Kier molecular flexibility index (Phi) is 3.88. The summed E-state index contributed by atoms with van der Waals surface area (Å²) in [5.41, 5.74) is 1.04. The second kappa shape index (κ2) is 5.83. The fourth-order valence-corrected chi connectivity index (χ4v) is 3.24. The van der Waals surface area contributed by atoms with Gasteiger partial charge in [-0.3, -0.25) is 14.5 Å². The van der Waals surface area contributed by atoms with E-state index in [0.29, 0.717) is 11.1 Å². The third-order valence-electron chi connectivity index (χ3n) is 4.38. The molecule has 5 nitrogen and oxygen atoms in total. The molecule has 0 aromatic heterocycles. The molecule has 1 saturated heterocycles. The van der Waals surface area contributed by atoms with E-state index in [1.165, 1.54) is 23.5 Å². The van der Waals surface area contributed by atoms with E-state index in [9.17, 15) is 19.8 Å². The van der Waals surface area contributed by atoms with Crippen LogP contribution in [-0.2, 0) is 9.59 Å². The molecule has 2 aliphatic rings. The van der Waals surface area contributed by atoms with Crippen LogP contribution in [0.1, 0.15) is 44.1 Å². The Morgan fingerprint density at radius 3 is 2.45 bits per heavy atom. The number of hydrogen-bond acceptors (Lipinski definition) is 4. The molecular formula is C17H19NO4. The van der Waals surface area contributed by atoms with Gasteiger partial charge in [-0.15, -0.1) is 0 Å². The number of hydrogen-bond donors (Lipinski definition) is 2. The number of phenols is 2. The molecule has 1 saturated carbocycles. The largest absolute Gasteiger partial charge is 0.504 e. The summed E-state index contributed by atoms with van der Waals surface area (Å²) in [4.78, 5) is 26.1. The van der Waals surface area contributed by atoms with E-state index in [-0.39, 0.29) is 35.8 Å². The summed E-state index contributed by atoms with van der Waals surface area (Å²) >= 11 is 0. The number of carbonyl (C=O) groups excluding carboxylic acids is 2. The zero-order valence-electron chi connectivity index (χ0n) is 12.3. The van der Waals surface area contributed by atoms with Gasteiger partial charge in [0.15, 0.2) is 11.5 Å². The Hall–Kier alpha value is -2.30. The monoisotopic (exact) mass is 301 g/mol. The predicted octanol–water partition coefficient (Wildman–Crippen LogP) is 2.57. The molecule has 5 heteroatoms.